The van der Waals surface area contributed by atoms with Crippen molar-refractivity contribution >= 4 is 47.4 Å². The predicted molar refractivity (Wildman–Crippen MR) is 167 cm³/mol. The van der Waals surface area contributed by atoms with Gasteiger partial charge in [0.1, 0.15) is 36.3 Å². The van der Waals surface area contributed by atoms with Gasteiger partial charge in [-0.05, 0) is 50.9 Å². The molecule has 0 spiro atoms. The summed E-state index contributed by atoms with van der Waals surface area (Å²) in [5.41, 5.74) is 0. The third-order valence-corrected chi connectivity index (χ3v) is 8.95. The Labute approximate surface area is 278 Å². The standard InChI is InChI=1S/C31H48N6O11/c1-15(2)12-18-26(43)32-19(13-22(39)40)27(44)35-24(16(3)38)29(46)34-20(14-23(41)42)31(48)37-11-7-10-21(37)28(45)36-25(30(47)33-18)17-8-5-4-6-9-17/h15-21,24-25,38H,4-14H2,1-3H3,(H,32,43)(H,33,47)(H,34,46)(H,35,44)(H,36,45)(H,39,40)(H,41,42)/t16-,18+,19-,20-,21-,24+,25?/m1/s1. The number of carboxylic acid groups (broad SMARTS) is 2. The number of carboxylic acids is 2. The third kappa shape index (κ3) is 10.4. The lowest BCUT2D eigenvalue weighted by molar-refractivity contribution is -0.147. The van der Waals surface area contributed by atoms with Gasteiger partial charge in [0.25, 0.3) is 0 Å². The molecule has 1 aliphatic carbocycles. The maximum atomic E-state index is 13.9. The number of aliphatic carboxylic acids is 2. The Hall–Kier alpha value is -4.28. The molecule has 0 bridgehead atoms. The van der Waals surface area contributed by atoms with E-state index in [0.717, 1.165) is 31.1 Å². The number of nitrogens with one attached hydrogen (secondary N) is 5. The van der Waals surface area contributed by atoms with Crippen LogP contribution in [0.1, 0.15) is 85.0 Å². The van der Waals surface area contributed by atoms with E-state index in [-0.39, 0.29) is 31.2 Å². The van der Waals surface area contributed by atoms with Crippen molar-refractivity contribution < 1.29 is 53.7 Å². The van der Waals surface area contributed by atoms with Crippen LogP contribution in [0.4, 0.5) is 0 Å². The average Bonchev–Trinajstić information content (AvgIpc) is 3.50. The van der Waals surface area contributed by atoms with Crippen LogP contribution in [0.25, 0.3) is 0 Å². The first kappa shape index (κ1) is 38.2. The lowest BCUT2D eigenvalue weighted by Crippen LogP contribution is -2.63. The number of hydrogen-bond donors (Lipinski definition) is 8. The lowest BCUT2D eigenvalue weighted by atomic mass is 9.83. The van der Waals surface area contributed by atoms with Crippen molar-refractivity contribution in [1.82, 2.24) is 31.5 Å². The summed E-state index contributed by atoms with van der Waals surface area (Å²) in [5.74, 6) is -8.73. The SMILES string of the molecule is CC(C)C[C@@H]1NC(=O)C(C2CCCCC2)NC(=O)[C@H]2CCCN2C(=O)[C@@H](CC(=O)O)NC(=O)[C@H]([C@@H](C)O)NC(=O)[C@@H](CC(=O)O)NC1=O. The van der Waals surface area contributed by atoms with Crippen LogP contribution in [0.5, 0.6) is 0 Å². The average molecular weight is 681 g/mol. The number of fused-ring (bicyclic) bond motifs is 1. The molecule has 1 unspecified atom stereocenters. The van der Waals surface area contributed by atoms with Gasteiger partial charge in [-0.3, -0.25) is 38.4 Å². The summed E-state index contributed by atoms with van der Waals surface area (Å²) in [4.78, 5) is 106. The Morgan fingerprint density at radius 1 is 0.688 bits per heavy atom. The Kier molecular flexibility index (Phi) is 13.7. The van der Waals surface area contributed by atoms with Crippen LogP contribution >= 0.6 is 0 Å². The van der Waals surface area contributed by atoms with E-state index in [4.69, 9.17) is 0 Å². The number of rotatable bonds is 8. The molecule has 1 saturated carbocycles. The van der Waals surface area contributed by atoms with Crippen LogP contribution in [-0.4, -0.2) is 117 Å². The van der Waals surface area contributed by atoms with Crippen LogP contribution in [0, 0.1) is 11.8 Å². The van der Waals surface area contributed by atoms with E-state index in [2.05, 4.69) is 26.6 Å². The Morgan fingerprint density at radius 3 is 1.83 bits per heavy atom. The zero-order valence-corrected chi connectivity index (χ0v) is 27.5. The molecule has 3 fully saturated rings. The number of nitrogens with zero attached hydrogens (tertiary/aromatic N) is 1. The van der Waals surface area contributed by atoms with Gasteiger partial charge < -0.3 is 46.8 Å². The summed E-state index contributed by atoms with van der Waals surface area (Å²) >= 11 is 0. The van der Waals surface area contributed by atoms with E-state index in [1.165, 1.54) is 0 Å². The van der Waals surface area contributed by atoms with E-state index in [1.807, 2.05) is 0 Å². The maximum Gasteiger partial charge on any atom is 0.305 e. The van der Waals surface area contributed by atoms with Gasteiger partial charge in [0.15, 0.2) is 0 Å². The summed E-state index contributed by atoms with van der Waals surface area (Å²) in [5, 5.41) is 41.7. The quantitative estimate of drug-likeness (QED) is 0.144. The van der Waals surface area contributed by atoms with Crippen molar-refractivity contribution in [2.75, 3.05) is 6.54 Å². The molecule has 0 aromatic rings. The van der Waals surface area contributed by atoms with Gasteiger partial charge in [-0.2, -0.15) is 0 Å². The van der Waals surface area contributed by atoms with Crippen molar-refractivity contribution in [3.05, 3.63) is 0 Å². The first-order valence-electron chi connectivity index (χ1n) is 16.5. The molecule has 17 nitrogen and oxygen atoms in total. The van der Waals surface area contributed by atoms with Gasteiger partial charge in [-0.1, -0.05) is 33.1 Å². The highest BCUT2D eigenvalue weighted by Gasteiger charge is 2.43. The summed E-state index contributed by atoms with van der Waals surface area (Å²) in [6.07, 6.45) is 1.05. The Morgan fingerprint density at radius 2 is 1.25 bits per heavy atom. The van der Waals surface area contributed by atoms with Crippen LogP contribution < -0.4 is 26.6 Å². The second kappa shape index (κ2) is 17.2. The van der Waals surface area contributed by atoms with Gasteiger partial charge in [-0.15, -0.1) is 0 Å². The molecular formula is C31H48N6O11. The molecule has 0 aromatic heterocycles. The van der Waals surface area contributed by atoms with Gasteiger partial charge in [0, 0.05) is 6.54 Å². The van der Waals surface area contributed by atoms with Crippen molar-refractivity contribution in [2.24, 2.45) is 11.8 Å². The zero-order chi connectivity index (χ0) is 35.7. The summed E-state index contributed by atoms with van der Waals surface area (Å²) in [7, 11) is 0. The second-order valence-corrected chi connectivity index (χ2v) is 13.3. The normalized spacial score (nSPS) is 29.4. The zero-order valence-electron chi connectivity index (χ0n) is 27.5. The van der Waals surface area contributed by atoms with Crippen molar-refractivity contribution in [1.29, 1.82) is 0 Å². The first-order valence-corrected chi connectivity index (χ1v) is 16.5. The fourth-order valence-electron chi connectivity index (χ4n) is 6.53. The number of aliphatic hydroxyl groups excluding tert-OH is 1. The Bertz CT molecular complexity index is 1250. The first-order chi connectivity index (χ1) is 22.6. The molecule has 2 saturated heterocycles. The van der Waals surface area contributed by atoms with E-state index in [1.54, 1.807) is 13.8 Å². The highest BCUT2D eigenvalue weighted by atomic mass is 16.4. The van der Waals surface area contributed by atoms with Crippen LogP contribution in [0.15, 0.2) is 0 Å². The number of aliphatic hydroxyl groups is 1. The molecule has 0 aromatic carbocycles. The van der Waals surface area contributed by atoms with Crippen molar-refractivity contribution in [3.8, 4) is 0 Å². The number of amides is 6. The van der Waals surface area contributed by atoms with Crippen LogP contribution in [0.2, 0.25) is 0 Å². The maximum absolute atomic E-state index is 13.9. The van der Waals surface area contributed by atoms with Crippen molar-refractivity contribution in [3.63, 3.8) is 0 Å². The molecule has 2 aliphatic heterocycles. The fraction of sp³-hybridized carbons (Fsp3) is 0.742. The predicted octanol–water partition coefficient (Wildman–Crippen LogP) is -1.63. The molecule has 3 rings (SSSR count). The fourth-order valence-corrected chi connectivity index (χ4v) is 6.53. The lowest BCUT2D eigenvalue weighted by Gasteiger charge is -2.34. The minimum Gasteiger partial charge on any atom is -0.481 e. The summed E-state index contributed by atoms with van der Waals surface area (Å²) in [6.45, 7) is 4.78. The molecule has 268 valence electrons. The minimum atomic E-state index is -1.80. The largest absolute Gasteiger partial charge is 0.481 e. The highest BCUT2D eigenvalue weighted by molar-refractivity contribution is 6.00. The molecule has 48 heavy (non-hydrogen) atoms. The molecular weight excluding hydrogens is 632 g/mol. The van der Waals surface area contributed by atoms with Crippen molar-refractivity contribution in [2.45, 2.75) is 127 Å². The Balaban J connectivity index is 2.09. The van der Waals surface area contributed by atoms with Gasteiger partial charge in [0.2, 0.25) is 35.4 Å². The molecule has 0 radical (unpaired) electrons. The monoisotopic (exact) mass is 680 g/mol. The van der Waals surface area contributed by atoms with E-state index < -0.39 is 103 Å². The number of hydrogen-bond acceptors (Lipinski definition) is 9. The molecule has 3 aliphatic rings. The van der Waals surface area contributed by atoms with E-state index in [9.17, 15) is 53.7 Å². The summed E-state index contributed by atoms with van der Waals surface area (Å²) < 4.78 is 0. The molecule has 6 amide bonds. The number of carbonyl (C=O) groups excluding carboxylic acids is 6. The van der Waals surface area contributed by atoms with Crippen LogP contribution in [0.3, 0.4) is 0 Å². The highest BCUT2D eigenvalue weighted by Crippen LogP contribution is 2.28. The third-order valence-electron chi connectivity index (χ3n) is 8.95. The van der Waals surface area contributed by atoms with E-state index in [0.29, 0.717) is 19.3 Å². The van der Waals surface area contributed by atoms with Gasteiger partial charge >= 0.3 is 11.9 Å². The van der Waals surface area contributed by atoms with Crippen LogP contribution in [-0.2, 0) is 38.4 Å². The molecule has 8 N–H and O–H groups in total. The summed E-state index contributed by atoms with van der Waals surface area (Å²) in [6, 6.07) is -8.66. The molecule has 2 heterocycles. The topological polar surface area (TPSA) is 261 Å². The second-order valence-electron chi connectivity index (χ2n) is 13.3. The molecule has 17 heteroatoms. The van der Waals surface area contributed by atoms with Gasteiger partial charge in [0.05, 0.1) is 18.9 Å². The van der Waals surface area contributed by atoms with Gasteiger partial charge in [-0.25, -0.2) is 0 Å². The van der Waals surface area contributed by atoms with E-state index >= 15 is 0 Å². The molecule has 7 atom stereocenters. The minimum absolute atomic E-state index is 0.0628. The smallest absolute Gasteiger partial charge is 0.305 e. The number of carbonyl (C=O) groups is 8.